The molecule has 0 N–H and O–H groups in total. The summed E-state index contributed by atoms with van der Waals surface area (Å²) in [4.78, 5) is 0. The Morgan fingerprint density at radius 1 is 0.277 bits per heavy atom. The summed E-state index contributed by atoms with van der Waals surface area (Å²) in [5, 5.41) is 10.0. The van der Waals surface area contributed by atoms with Crippen molar-refractivity contribution in [3.63, 3.8) is 0 Å². The van der Waals surface area contributed by atoms with E-state index in [9.17, 15) is 0 Å². The minimum absolute atomic E-state index is 0.907. The van der Waals surface area contributed by atoms with Crippen LogP contribution in [0.4, 0.5) is 0 Å². The van der Waals surface area contributed by atoms with Gasteiger partial charge in [-0.05, 0) is 113 Å². The predicted molar refractivity (Wildman–Crippen MR) is 198 cm³/mol. The summed E-state index contributed by atoms with van der Waals surface area (Å²) in [6.45, 7) is 0. The fraction of sp³-hybridized carbons (Fsp3) is 0. The first-order valence-electron chi connectivity index (χ1n) is 16.2. The molecule has 9 aromatic carbocycles. The van der Waals surface area contributed by atoms with Gasteiger partial charge in [0, 0.05) is 10.9 Å². The van der Waals surface area contributed by atoms with Gasteiger partial charge < -0.3 is 4.74 Å². The molecule has 218 valence electrons. The quantitative estimate of drug-likeness (QED) is 0.184. The first-order chi connectivity index (χ1) is 23.3. The topological polar surface area (TPSA) is 9.23 Å². The van der Waals surface area contributed by atoms with Gasteiger partial charge in [0.1, 0.15) is 11.5 Å². The molecule has 0 fully saturated rings. The summed E-state index contributed by atoms with van der Waals surface area (Å²) >= 11 is 0. The second-order valence-corrected chi connectivity index (χ2v) is 12.5. The molecule has 0 atom stereocenters. The van der Waals surface area contributed by atoms with Gasteiger partial charge in [-0.1, -0.05) is 133 Å². The first-order valence-corrected chi connectivity index (χ1v) is 16.2. The molecule has 0 bridgehead atoms. The molecule has 0 radical (unpaired) electrons. The summed E-state index contributed by atoms with van der Waals surface area (Å²) in [7, 11) is 0. The molecule has 0 unspecified atom stereocenters. The second kappa shape index (κ2) is 10.2. The fourth-order valence-electron chi connectivity index (χ4n) is 7.69. The highest BCUT2D eigenvalue weighted by molar-refractivity contribution is 6.23. The number of rotatable bonds is 3. The number of ether oxygens (including phenoxy) is 1. The van der Waals surface area contributed by atoms with Crippen molar-refractivity contribution in [2.45, 2.75) is 0 Å². The van der Waals surface area contributed by atoms with E-state index >= 15 is 0 Å². The van der Waals surface area contributed by atoms with Crippen LogP contribution in [-0.4, -0.2) is 0 Å². The Balaban J connectivity index is 1.26. The van der Waals surface area contributed by atoms with Crippen LogP contribution < -0.4 is 4.74 Å². The van der Waals surface area contributed by atoms with E-state index < -0.39 is 0 Å². The summed E-state index contributed by atoms with van der Waals surface area (Å²) in [5.41, 5.74) is 9.58. The van der Waals surface area contributed by atoms with Crippen molar-refractivity contribution < 1.29 is 4.74 Å². The van der Waals surface area contributed by atoms with Gasteiger partial charge >= 0.3 is 0 Å². The number of benzene rings is 9. The summed E-state index contributed by atoms with van der Waals surface area (Å²) < 4.78 is 6.45. The van der Waals surface area contributed by atoms with Crippen LogP contribution in [0.2, 0.25) is 0 Å². The molecule has 47 heavy (non-hydrogen) atoms. The molecule has 9 aromatic rings. The normalized spacial score (nSPS) is 12.0. The SMILES string of the molecule is c1ccc(-c2cc(-c3ccc4c5c(cccc35)-c3ccccc3O4)cc(-c3cc4ccc5ccccc5c4c4ccccc34)c2)cc1. The van der Waals surface area contributed by atoms with Crippen LogP contribution in [0.5, 0.6) is 11.5 Å². The van der Waals surface area contributed by atoms with Gasteiger partial charge in [0.05, 0.1) is 0 Å². The van der Waals surface area contributed by atoms with E-state index in [1.165, 1.54) is 82.0 Å². The molecule has 0 spiro atoms. The fourth-order valence-corrected chi connectivity index (χ4v) is 7.69. The maximum Gasteiger partial charge on any atom is 0.135 e. The van der Waals surface area contributed by atoms with Gasteiger partial charge in [0.25, 0.3) is 0 Å². The van der Waals surface area contributed by atoms with Crippen LogP contribution >= 0.6 is 0 Å². The molecule has 1 heterocycles. The minimum atomic E-state index is 0.907. The van der Waals surface area contributed by atoms with Crippen LogP contribution in [0, 0.1) is 0 Å². The third kappa shape index (κ3) is 4.03. The Labute approximate surface area is 272 Å². The third-order valence-corrected chi connectivity index (χ3v) is 9.81. The van der Waals surface area contributed by atoms with Crippen LogP contribution in [0.1, 0.15) is 0 Å². The number of hydrogen-bond acceptors (Lipinski definition) is 1. The average molecular weight is 597 g/mol. The monoisotopic (exact) mass is 596 g/mol. The van der Waals surface area contributed by atoms with Gasteiger partial charge in [0.15, 0.2) is 0 Å². The predicted octanol–water partition coefficient (Wildman–Crippen LogP) is 13.1. The Bertz CT molecular complexity index is 2700. The van der Waals surface area contributed by atoms with Crippen LogP contribution in [0.3, 0.4) is 0 Å². The van der Waals surface area contributed by atoms with Gasteiger partial charge in [-0.15, -0.1) is 0 Å². The van der Waals surface area contributed by atoms with E-state index in [0.29, 0.717) is 0 Å². The van der Waals surface area contributed by atoms with E-state index in [1.807, 2.05) is 6.07 Å². The standard InChI is InChI=1S/C46H28O/c1-2-11-29(12-3-1)32-25-33(35-23-24-44-46-39(35)18-10-19-41(46)38-16-8-9-20-43(38)47-44)27-34(26-32)42-28-31-22-21-30-13-4-5-14-36(30)45(31)40-17-7-6-15-37(40)42/h1-28H. The van der Waals surface area contributed by atoms with E-state index in [-0.39, 0.29) is 0 Å². The highest BCUT2D eigenvalue weighted by Gasteiger charge is 2.22. The van der Waals surface area contributed by atoms with Gasteiger partial charge in [-0.3, -0.25) is 0 Å². The highest BCUT2D eigenvalue weighted by Crippen LogP contribution is 2.49. The summed E-state index contributed by atoms with van der Waals surface area (Å²) in [5.74, 6) is 1.81. The van der Waals surface area contributed by atoms with Crippen molar-refractivity contribution in [1.29, 1.82) is 0 Å². The molecule has 0 aromatic heterocycles. The van der Waals surface area contributed by atoms with Crippen molar-refractivity contribution in [2.75, 3.05) is 0 Å². The molecule has 0 saturated carbocycles. The lowest BCUT2D eigenvalue weighted by molar-refractivity contribution is 0.487. The van der Waals surface area contributed by atoms with Crippen molar-refractivity contribution in [2.24, 2.45) is 0 Å². The van der Waals surface area contributed by atoms with Crippen molar-refractivity contribution in [3.8, 4) is 56.0 Å². The smallest absolute Gasteiger partial charge is 0.135 e. The molecular formula is C46H28O. The molecule has 1 aliphatic rings. The van der Waals surface area contributed by atoms with Crippen LogP contribution in [-0.2, 0) is 0 Å². The molecule has 1 aliphatic heterocycles. The Hall–Kier alpha value is -6.18. The molecule has 10 rings (SSSR count). The number of para-hydroxylation sites is 1. The lowest BCUT2D eigenvalue weighted by Gasteiger charge is -2.23. The second-order valence-electron chi connectivity index (χ2n) is 12.5. The van der Waals surface area contributed by atoms with Crippen LogP contribution in [0.15, 0.2) is 170 Å². The average Bonchev–Trinajstić information content (AvgIpc) is 3.14. The van der Waals surface area contributed by atoms with E-state index in [0.717, 1.165) is 17.1 Å². The summed E-state index contributed by atoms with van der Waals surface area (Å²) in [6, 6.07) is 61.6. The van der Waals surface area contributed by atoms with E-state index in [1.54, 1.807) is 0 Å². The number of fused-ring (bicyclic) bond motifs is 7. The number of hydrogen-bond donors (Lipinski definition) is 0. The minimum Gasteiger partial charge on any atom is -0.456 e. The first kappa shape index (κ1) is 26.1. The Kier molecular flexibility index (Phi) is 5.64. The zero-order valence-electron chi connectivity index (χ0n) is 25.6. The maximum absolute atomic E-state index is 6.45. The zero-order valence-corrected chi connectivity index (χ0v) is 25.6. The van der Waals surface area contributed by atoms with Crippen molar-refractivity contribution in [1.82, 2.24) is 0 Å². The van der Waals surface area contributed by atoms with E-state index in [4.69, 9.17) is 4.74 Å². The lowest BCUT2D eigenvalue weighted by Crippen LogP contribution is -1.97. The zero-order chi connectivity index (χ0) is 30.9. The molecule has 0 saturated heterocycles. The Morgan fingerprint density at radius 2 is 0.936 bits per heavy atom. The highest BCUT2D eigenvalue weighted by atomic mass is 16.5. The van der Waals surface area contributed by atoms with Crippen LogP contribution in [0.25, 0.3) is 87.6 Å². The Morgan fingerprint density at radius 3 is 1.83 bits per heavy atom. The molecule has 0 amide bonds. The van der Waals surface area contributed by atoms with Gasteiger partial charge in [0.2, 0.25) is 0 Å². The third-order valence-electron chi connectivity index (χ3n) is 9.81. The largest absolute Gasteiger partial charge is 0.456 e. The van der Waals surface area contributed by atoms with E-state index in [2.05, 4.69) is 164 Å². The maximum atomic E-state index is 6.45. The molecule has 0 aliphatic carbocycles. The molecule has 1 nitrogen and oxygen atoms in total. The lowest BCUT2D eigenvalue weighted by atomic mass is 9.86. The van der Waals surface area contributed by atoms with Crippen molar-refractivity contribution in [3.05, 3.63) is 170 Å². The van der Waals surface area contributed by atoms with Gasteiger partial charge in [-0.25, -0.2) is 0 Å². The molecular weight excluding hydrogens is 569 g/mol. The van der Waals surface area contributed by atoms with Crippen molar-refractivity contribution >= 4 is 43.1 Å². The summed E-state index contributed by atoms with van der Waals surface area (Å²) in [6.07, 6.45) is 0. The van der Waals surface area contributed by atoms with Gasteiger partial charge in [-0.2, -0.15) is 0 Å². The molecule has 1 heteroatoms.